The van der Waals surface area contributed by atoms with Crippen LogP contribution < -0.4 is 5.56 Å². The van der Waals surface area contributed by atoms with E-state index >= 15 is 0 Å². The maximum Gasteiger partial charge on any atom is 0.258 e. The minimum Gasteiger partial charge on any atom is -0.335 e. The van der Waals surface area contributed by atoms with E-state index in [1.54, 1.807) is 24.2 Å². The van der Waals surface area contributed by atoms with Gasteiger partial charge in [0.1, 0.15) is 11.7 Å². The molecule has 0 unspecified atom stereocenters. The Bertz CT molecular complexity index is 1140. The third-order valence-corrected chi connectivity index (χ3v) is 5.27. The van der Waals surface area contributed by atoms with Crippen molar-refractivity contribution in [3.63, 3.8) is 0 Å². The van der Waals surface area contributed by atoms with Gasteiger partial charge in [0.25, 0.3) is 5.56 Å². The third-order valence-electron chi connectivity index (χ3n) is 5.27. The van der Waals surface area contributed by atoms with E-state index in [9.17, 15) is 14.4 Å². The van der Waals surface area contributed by atoms with Crippen LogP contribution in [0.3, 0.4) is 0 Å². The van der Waals surface area contributed by atoms with Gasteiger partial charge in [-0.15, -0.1) is 0 Å². The predicted octanol–water partition coefficient (Wildman–Crippen LogP) is 1.41. The van der Waals surface area contributed by atoms with Crippen molar-refractivity contribution in [2.75, 3.05) is 13.6 Å². The van der Waals surface area contributed by atoms with Gasteiger partial charge in [0.2, 0.25) is 11.8 Å². The molecule has 0 N–H and O–H groups in total. The van der Waals surface area contributed by atoms with Gasteiger partial charge in [-0.25, -0.2) is 4.98 Å². The first-order valence-electron chi connectivity index (χ1n) is 9.50. The molecule has 7 nitrogen and oxygen atoms in total. The average molecular weight is 390 g/mol. The van der Waals surface area contributed by atoms with E-state index in [-0.39, 0.29) is 30.5 Å². The van der Waals surface area contributed by atoms with Crippen LogP contribution in [0, 0.1) is 6.92 Å². The number of pyridine rings is 1. The van der Waals surface area contributed by atoms with Gasteiger partial charge < -0.3 is 9.80 Å². The molecule has 1 fully saturated rings. The van der Waals surface area contributed by atoms with Crippen LogP contribution in [0.15, 0.2) is 59.5 Å². The number of hydrogen-bond acceptors (Lipinski definition) is 4. The average Bonchev–Trinajstić information content (AvgIpc) is 2.70. The highest BCUT2D eigenvalue weighted by Gasteiger charge is 2.38. The minimum atomic E-state index is -0.624. The summed E-state index contributed by atoms with van der Waals surface area (Å²) in [6.45, 7) is 2.03. The van der Waals surface area contributed by atoms with Crippen molar-refractivity contribution in [1.82, 2.24) is 19.2 Å². The normalized spacial score (nSPS) is 17.2. The Morgan fingerprint density at radius 2 is 1.83 bits per heavy atom. The number of aryl methyl sites for hydroxylation is 1. The Morgan fingerprint density at radius 3 is 2.59 bits per heavy atom. The Hall–Kier alpha value is -3.48. The van der Waals surface area contributed by atoms with E-state index in [0.717, 1.165) is 11.1 Å². The van der Waals surface area contributed by atoms with Crippen molar-refractivity contribution in [3.05, 3.63) is 81.9 Å². The first kappa shape index (κ1) is 18.9. The van der Waals surface area contributed by atoms with Crippen molar-refractivity contribution in [1.29, 1.82) is 0 Å². The van der Waals surface area contributed by atoms with Crippen molar-refractivity contribution in [2.45, 2.75) is 25.9 Å². The number of rotatable bonds is 4. The molecule has 1 aromatic carbocycles. The fourth-order valence-corrected chi connectivity index (χ4v) is 3.73. The third kappa shape index (κ3) is 3.63. The summed E-state index contributed by atoms with van der Waals surface area (Å²) in [5.41, 5.74) is 2.67. The molecular weight excluding hydrogens is 368 g/mol. The molecule has 29 heavy (non-hydrogen) atoms. The zero-order valence-corrected chi connectivity index (χ0v) is 16.4. The van der Waals surface area contributed by atoms with Gasteiger partial charge in [-0.05, 0) is 24.1 Å². The number of piperazine rings is 1. The molecule has 3 heterocycles. The Labute approximate surface area is 168 Å². The molecule has 0 bridgehead atoms. The lowest BCUT2D eigenvalue weighted by Crippen LogP contribution is -2.59. The molecule has 2 aromatic heterocycles. The number of amides is 2. The van der Waals surface area contributed by atoms with E-state index in [0.29, 0.717) is 17.8 Å². The van der Waals surface area contributed by atoms with Gasteiger partial charge >= 0.3 is 0 Å². The second kappa shape index (κ2) is 7.50. The summed E-state index contributed by atoms with van der Waals surface area (Å²) in [5.74, 6) is -0.262. The first-order chi connectivity index (χ1) is 13.9. The summed E-state index contributed by atoms with van der Waals surface area (Å²) < 4.78 is 1.48. The van der Waals surface area contributed by atoms with E-state index < -0.39 is 6.04 Å². The monoisotopic (exact) mass is 390 g/mol. The molecule has 0 radical (unpaired) electrons. The summed E-state index contributed by atoms with van der Waals surface area (Å²) in [6.07, 6.45) is 2.09. The van der Waals surface area contributed by atoms with Crippen LogP contribution in [0.25, 0.3) is 5.65 Å². The number of aromatic nitrogens is 2. The fourth-order valence-electron chi connectivity index (χ4n) is 3.73. The van der Waals surface area contributed by atoms with Gasteiger partial charge in [0, 0.05) is 25.7 Å². The molecule has 1 aliphatic rings. The number of carbonyl (C=O) groups excluding carboxylic acids is 2. The van der Waals surface area contributed by atoms with E-state index in [1.807, 2.05) is 43.3 Å². The Morgan fingerprint density at radius 1 is 1.07 bits per heavy atom. The molecule has 1 aliphatic heterocycles. The highest BCUT2D eigenvalue weighted by atomic mass is 16.2. The SMILES string of the molecule is Cc1cccn2c(=O)cc(CN3C(=O)CN(C)C(=O)[C@@H]3Cc3ccccc3)nc12. The molecule has 2 amide bonds. The largest absolute Gasteiger partial charge is 0.335 e. The second-order valence-corrected chi connectivity index (χ2v) is 7.39. The number of carbonyl (C=O) groups is 2. The summed E-state index contributed by atoms with van der Waals surface area (Å²) in [6, 6.07) is 14.1. The predicted molar refractivity (Wildman–Crippen MR) is 108 cm³/mol. The Kier molecular flexibility index (Phi) is 4.88. The van der Waals surface area contributed by atoms with E-state index in [1.165, 1.54) is 15.4 Å². The standard InChI is InChI=1S/C22H22N4O3/c1-15-7-6-10-25-19(27)12-17(23-21(15)25)13-26-18(11-16-8-4-3-5-9-16)22(29)24(2)14-20(26)28/h3-10,12,18H,11,13-14H2,1-2H3/t18-/m0/s1. The molecular formula is C22H22N4O3. The zero-order valence-electron chi connectivity index (χ0n) is 16.4. The smallest absolute Gasteiger partial charge is 0.258 e. The van der Waals surface area contributed by atoms with Gasteiger partial charge in [0.15, 0.2) is 0 Å². The van der Waals surface area contributed by atoms with Crippen LogP contribution >= 0.6 is 0 Å². The van der Waals surface area contributed by atoms with Crippen LogP contribution in [0.5, 0.6) is 0 Å². The summed E-state index contributed by atoms with van der Waals surface area (Å²) in [4.78, 5) is 45.8. The van der Waals surface area contributed by atoms with Crippen molar-refractivity contribution in [3.8, 4) is 0 Å². The quantitative estimate of drug-likeness (QED) is 0.675. The molecule has 1 saturated heterocycles. The molecule has 148 valence electrons. The molecule has 4 rings (SSSR count). The van der Waals surface area contributed by atoms with E-state index in [4.69, 9.17) is 0 Å². The van der Waals surface area contributed by atoms with Crippen LogP contribution in [0.4, 0.5) is 0 Å². The van der Waals surface area contributed by atoms with Gasteiger partial charge in [-0.2, -0.15) is 0 Å². The molecule has 0 aliphatic carbocycles. The lowest BCUT2D eigenvalue weighted by atomic mass is 10.0. The lowest BCUT2D eigenvalue weighted by Gasteiger charge is -2.38. The number of hydrogen-bond donors (Lipinski definition) is 0. The fraction of sp³-hybridized carbons (Fsp3) is 0.273. The van der Waals surface area contributed by atoms with Crippen LogP contribution in [-0.2, 0) is 22.6 Å². The highest BCUT2D eigenvalue weighted by molar-refractivity contribution is 5.94. The minimum absolute atomic E-state index is 0.0235. The van der Waals surface area contributed by atoms with Crippen LogP contribution in [-0.4, -0.2) is 50.6 Å². The van der Waals surface area contributed by atoms with Gasteiger partial charge in [-0.3, -0.25) is 18.8 Å². The number of fused-ring (bicyclic) bond motifs is 1. The highest BCUT2D eigenvalue weighted by Crippen LogP contribution is 2.19. The van der Waals surface area contributed by atoms with Crippen molar-refractivity contribution < 1.29 is 9.59 Å². The van der Waals surface area contributed by atoms with Crippen molar-refractivity contribution >= 4 is 17.5 Å². The number of benzene rings is 1. The summed E-state index contributed by atoms with van der Waals surface area (Å²) >= 11 is 0. The number of nitrogens with zero attached hydrogens (tertiary/aromatic N) is 4. The number of likely N-dealkylation sites (N-methyl/N-ethyl adjacent to an activating group) is 1. The zero-order chi connectivity index (χ0) is 20.5. The Balaban J connectivity index is 1.70. The van der Waals surface area contributed by atoms with Crippen LogP contribution in [0.2, 0.25) is 0 Å². The van der Waals surface area contributed by atoms with Crippen LogP contribution in [0.1, 0.15) is 16.8 Å². The molecule has 7 heteroatoms. The van der Waals surface area contributed by atoms with E-state index in [2.05, 4.69) is 4.98 Å². The molecule has 3 aromatic rings. The first-order valence-corrected chi connectivity index (χ1v) is 9.50. The molecule has 0 spiro atoms. The maximum atomic E-state index is 12.9. The second-order valence-electron chi connectivity index (χ2n) is 7.39. The van der Waals surface area contributed by atoms with Gasteiger partial charge in [0.05, 0.1) is 18.8 Å². The maximum absolute atomic E-state index is 12.9. The van der Waals surface area contributed by atoms with Gasteiger partial charge in [-0.1, -0.05) is 36.4 Å². The van der Waals surface area contributed by atoms with Crippen molar-refractivity contribution in [2.24, 2.45) is 0 Å². The molecule has 0 saturated carbocycles. The summed E-state index contributed by atoms with van der Waals surface area (Å²) in [5, 5.41) is 0. The summed E-state index contributed by atoms with van der Waals surface area (Å²) in [7, 11) is 1.64. The lowest BCUT2D eigenvalue weighted by molar-refractivity contribution is -0.155. The molecule has 1 atom stereocenters. The topological polar surface area (TPSA) is 75.0 Å².